The van der Waals surface area contributed by atoms with E-state index in [-0.39, 0.29) is 12.0 Å². The lowest BCUT2D eigenvalue weighted by atomic mass is 10.0. The first-order valence-corrected chi connectivity index (χ1v) is 7.25. The second kappa shape index (κ2) is 6.41. The molecule has 3 heteroatoms. The van der Waals surface area contributed by atoms with E-state index < -0.39 is 0 Å². The molecule has 21 heavy (non-hydrogen) atoms. The number of pyridine rings is 1. The Kier molecular flexibility index (Phi) is 4.59. The van der Waals surface area contributed by atoms with Crippen molar-refractivity contribution in [2.24, 2.45) is 0 Å². The Labute approximate surface area is 125 Å². The van der Waals surface area contributed by atoms with Gasteiger partial charge in [0, 0.05) is 17.7 Å². The Morgan fingerprint density at radius 1 is 1.19 bits per heavy atom. The lowest BCUT2D eigenvalue weighted by molar-refractivity contribution is 0.655. The van der Waals surface area contributed by atoms with Crippen LogP contribution in [0.15, 0.2) is 35.1 Å². The van der Waals surface area contributed by atoms with Crippen molar-refractivity contribution in [2.75, 3.05) is 0 Å². The molecule has 0 unspecified atom stereocenters. The summed E-state index contributed by atoms with van der Waals surface area (Å²) >= 11 is 0. The normalized spacial score (nSPS) is 10.4. The third kappa shape index (κ3) is 3.05. The van der Waals surface area contributed by atoms with Gasteiger partial charge in [-0.2, -0.15) is 5.26 Å². The number of aryl methyl sites for hydroxylation is 2. The molecule has 0 fully saturated rings. The van der Waals surface area contributed by atoms with Crippen molar-refractivity contribution in [1.82, 2.24) is 4.57 Å². The van der Waals surface area contributed by atoms with Crippen molar-refractivity contribution in [1.29, 1.82) is 5.26 Å². The minimum absolute atomic E-state index is 0.0455. The van der Waals surface area contributed by atoms with Gasteiger partial charge in [-0.05, 0) is 31.9 Å². The molecule has 0 saturated heterocycles. The summed E-state index contributed by atoms with van der Waals surface area (Å²) in [5.74, 6) is 0. The molecule has 0 N–H and O–H groups in total. The highest BCUT2D eigenvalue weighted by Gasteiger charge is 2.11. The molecule has 0 aliphatic rings. The lowest BCUT2D eigenvalue weighted by Gasteiger charge is -2.15. The number of hydrogen-bond donors (Lipinski definition) is 0. The topological polar surface area (TPSA) is 45.8 Å². The first-order valence-electron chi connectivity index (χ1n) is 7.25. The predicted molar refractivity (Wildman–Crippen MR) is 85.2 cm³/mol. The van der Waals surface area contributed by atoms with Gasteiger partial charge in [0.1, 0.15) is 0 Å². The molecule has 0 amide bonds. The molecule has 1 aromatic heterocycles. The minimum Gasteiger partial charge on any atom is -0.308 e. The van der Waals surface area contributed by atoms with Crippen LogP contribution in [0, 0.1) is 25.2 Å². The number of hydrogen-bond acceptors (Lipinski definition) is 2. The molecule has 0 radical (unpaired) electrons. The molecule has 2 aromatic rings. The molecule has 0 bridgehead atoms. The van der Waals surface area contributed by atoms with Gasteiger partial charge in [0.05, 0.1) is 18.2 Å². The first kappa shape index (κ1) is 15.1. The Morgan fingerprint density at radius 2 is 1.95 bits per heavy atom. The van der Waals surface area contributed by atoms with Crippen molar-refractivity contribution in [3.05, 3.63) is 57.4 Å². The average molecular weight is 280 g/mol. The number of nitrogens with zero attached hydrogens (tertiary/aromatic N) is 2. The van der Waals surface area contributed by atoms with E-state index in [0.717, 1.165) is 23.2 Å². The summed E-state index contributed by atoms with van der Waals surface area (Å²) in [6.45, 7) is 6.84. The standard InChI is InChI=1S/C18H20N2O/c1-4-11-20-17(8-6-15(9-10-19)18(20)21)16-7-5-13(2)12-14(16)3/h5-8,12H,4,9,11H2,1-3H3. The van der Waals surface area contributed by atoms with Gasteiger partial charge in [-0.15, -0.1) is 0 Å². The first-order chi connectivity index (χ1) is 10.1. The Balaban J connectivity index is 2.66. The molecule has 108 valence electrons. The molecule has 0 spiro atoms. The van der Waals surface area contributed by atoms with E-state index >= 15 is 0 Å². The van der Waals surface area contributed by atoms with Gasteiger partial charge in [-0.3, -0.25) is 4.79 Å². The molecule has 3 nitrogen and oxygen atoms in total. The van der Waals surface area contributed by atoms with Crippen LogP contribution in [0.3, 0.4) is 0 Å². The molecule has 1 heterocycles. The molecule has 0 aliphatic carbocycles. The fourth-order valence-electron chi connectivity index (χ4n) is 2.63. The van der Waals surface area contributed by atoms with Crippen LogP contribution in [-0.2, 0) is 13.0 Å². The monoisotopic (exact) mass is 280 g/mol. The maximum atomic E-state index is 12.5. The molecule has 0 atom stereocenters. The largest absolute Gasteiger partial charge is 0.308 e. The Morgan fingerprint density at radius 3 is 2.57 bits per heavy atom. The molecule has 1 aromatic carbocycles. The van der Waals surface area contributed by atoms with Crippen LogP contribution in [0.4, 0.5) is 0 Å². The second-order valence-electron chi connectivity index (χ2n) is 5.35. The molecule has 0 saturated carbocycles. The van der Waals surface area contributed by atoms with Crippen molar-refractivity contribution in [3.63, 3.8) is 0 Å². The van der Waals surface area contributed by atoms with E-state index in [1.807, 2.05) is 6.07 Å². The van der Waals surface area contributed by atoms with Crippen LogP contribution in [0.1, 0.15) is 30.0 Å². The highest BCUT2D eigenvalue weighted by Crippen LogP contribution is 2.24. The highest BCUT2D eigenvalue weighted by atomic mass is 16.1. The zero-order chi connectivity index (χ0) is 15.4. The Hall–Kier alpha value is -2.34. The van der Waals surface area contributed by atoms with Crippen LogP contribution in [0.25, 0.3) is 11.3 Å². The average Bonchev–Trinajstić information content (AvgIpc) is 2.44. The van der Waals surface area contributed by atoms with Gasteiger partial charge in [0.15, 0.2) is 0 Å². The van der Waals surface area contributed by atoms with Crippen LogP contribution < -0.4 is 5.56 Å². The lowest BCUT2D eigenvalue weighted by Crippen LogP contribution is -2.25. The van der Waals surface area contributed by atoms with Gasteiger partial charge in [0.2, 0.25) is 0 Å². The van der Waals surface area contributed by atoms with E-state index in [9.17, 15) is 4.79 Å². The van der Waals surface area contributed by atoms with Crippen molar-refractivity contribution in [2.45, 2.75) is 40.2 Å². The summed E-state index contributed by atoms with van der Waals surface area (Å²) in [6, 6.07) is 12.1. The molecule has 0 aliphatic heterocycles. The van der Waals surface area contributed by atoms with Crippen molar-refractivity contribution in [3.8, 4) is 17.3 Å². The van der Waals surface area contributed by atoms with Gasteiger partial charge < -0.3 is 4.57 Å². The van der Waals surface area contributed by atoms with Crippen LogP contribution in [0.5, 0.6) is 0 Å². The minimum atomic E-state index is -0.0455. The highest BCUT2D eigenvalue weighted by molar-refractivity contribution is 5.64. The van der Waals surface area contributed by atoms with E-state index in [1.54, 1.807) is 10.6 Å². The fraction of sp³-hybridized carbons (Fsp3) is 0.333. The van der Waals surface area contributed by atoms with Crippen LogP contribution in [-0.4, -0.2) is 4.57 Å². The summed E-state index contributed by atoms with van der Waals surface area (Å²) in [7, 11) is 0. The van der Waals surface area contributed by atoms with Crippen molar-refractivity contribution >= 4 is 0 Å². The maximum Gasteiger partial charge on any atom is 0.255 e. The number of nitriles is 1. The third-order valence-corrected chi connectivity index (χ3v) is 3.63. The summed E-state index contributed by atoms with van der Waals surface area (Å²) in [4.78, 5) is 12.5. The maximum absolute atomic E-state index is 12.5. The predicted octanol–water partition coefficient (Wildman–Crippen LogP) is 3.61. The number of aromatic nitrogens is 1. The SMILES string of the molecule is CCCn1c(-c2ccc(C)cc2C)ccc(CC#N)c1=O. The summed E-state index contributed by atoms with van der Waals surface area (Å²) < 4.78 is 1.80. The number of rotatable bonds is 4. The summed E-state index contributed by atoms with van der Waals surface area (Å²) in [5.41, 5.74) is 4.90. The summed E-state index contributed by atoms with van der Waals surface area (Å²) in [6.07, 6.45) is 1.05. The van der Waals surface area contributed by atoms with Gasteiger partial charge in [-0.25, -0.2) is 0 Å². The third-order valence-electron chi connectivity index (χ3n) is 3.63. The van der Waals surface area contributed by atoms with Gasteiger partial charge in [-0.1, -0.05) is 36.8 Å². The zero-order valence-corrected chi connectivity index (χ0v) is 12.8. The van der Waals surface area contributed by atoms with Crippen LogP contribution in [0.2, 0.25) is 0 Å². The van der Waals surface area contributed by atoms with E-state index in [1.165, 1.54) is 5.56 Å². The van der Waals surface area contributed by atoms with E-state index in [4.69, 9.17) is 5.26 Å². The van der Waals surface area contributed by atoms with Crippen LogP contribution >= 0.6 is 0 Å². The molecular formula is C18H20N2O. The van der Waals surface area contributed by atoms with Gasteiger partial charge in [0.25, 0.3) is 5.56 Å². The van der Waals surface area contributed by atoms with Crippen molar-refractivity contribution < 1.29 is 0 Å². The zero-order valence-electron chi connectivity index (χ0n) is 12.8. The molecular weight excluding hydrogens is 260 g/mol. The fourth-order valence-corrected chi connectivity index (χ4v) is 2.63. The van der Waals surface area contributed by atoms with E-state index in [0.29, 0.717) is 12.1 Å². The second-order valence-corrected chi connectivity index (χ2v) is 5.35. The van der Waals surface area contributed by atoms with Gasteiger partial charge >= 0.3 is 0 Å². The van der Waals surface area contributed by atoms with E-state index in [2.05, 4.69) is 45.0 Å². The smallest absolute Gasteiger partial charge is 0.255 e. The summed E-state index contributed by atoms with van der Waals surface area (Å²) in [5, 5.41) is 8.83. The quantitative estimate of drug-likeness (QED) is 0.859. The Bertz CT molecular complexity index is 751. The number of benzene rings is 1. The molecule has 2 rings (SSSR count).